The first-order valence-corrected chi connectivity index (χ1v) is 13.7. The van der Waals surface area contributed by atoms with Crippen LogP contribution in [0.3, 0.4) is 0 Å². The Bertz CT molecular complexity index is 691. The molecule has 11 atom stereocenters. The minimum atomic E-state index is -0.365. The summed E-state index contributed by atoms with van der Waals surface area (Å²) in [5.41, 5.74) is -0.0826. The van der Waals surface area contributed by atoms with E-state index in [1.807, 2.05) is 0 Å². The standard InChI is InChI=1S/C26H45NO4S/c1-15(4-7-23(31)27-10-11-32)18-5-6-19-24-20(14-22(30)26(18,19)3)25(2)9-8-17(28)12-16(25)13-21(24)29/h15-22,24,28-30,32H,4-14H2,1-3H3,(H,27,31)/t15-,16+,17-,18-,19+,20+,21-,22+,24+,25+,26-/m1/s1. The van der Waals surface area contributed by atoms with Crippen molar-refractivity contribution in [2.24, 2.45) is 46.3 Å². The highest BCUT2D eigenvalue weighted by molar-refractivity contribution is 7.80. The van der Waals surface area contributed by atoms with E-state index >= 15 is 0 Å². The number of carbonyl (C=O) groups is 1. The maximum absolute atomic E-state index is 12.1. The molecule has 0 aromatic heterocycles. The molecule has 0 aromatic rings. The van der Waals surface area contributed by atoms with Crippen molar-refractivity contribution >= 4 is 18.5 Å². The van der Waals surface area contributed by atoms with Gasteiger partial charge in [-0.25, -0.2) is 0 Å². The lowest BCUT2D eigenvalue weighted by Gasteiger charge is -2.63. The van der Waals surface area contributed by atoms with Gasteiger partial charge in [0.25, 0.3) is 0 Å². The second-order valence-corrected chi connectivity index (χ2v) is 12.6. The van der Waals surface area contributed by atoms with E-state index in [1.54, 1.807) is 0 Å². The number of thiol groups is 1. The third-order valence-electron chi connectivity index (χ3n) is 10.8. The van der Waals surface area contributed by atoms with Gasteiger partial charge in [-0.2, -0.15) is 12.6 Å². The molecule has 0 bridgehead atoms. The highest BCUT2D eigenvalue weighted by atomic mass is 32.1. The van der Waals surface area contributed by atoms with Crippen LogP contribution < -0.4 is 5.32 Å². The van der Waals surface area contributed by atoms with E-state index in [2.05, 4.69) is 38.7 Å². The Morgan fingerprint density at radius 1 is 1.09 bits per heavy atom. The van der Waals surface area contributed by atoms with Gasteiger partial charge in [0, 0.05) is 18.7 Å². The number of aliphatic hydroxyl groups is 3. The number of aliphatic hydroxyl groups excluding tert-OH is 3. The molecule has 0 saturated heterocycles. The van der Waals surface area contributed by atoms with Crippen molar-refractivity contribution in [2.45, 2.75) is 96.9 Å². The Morgan fingerprint density at radius 3 is 2.56 bits per heavy atom. The van der Waals surface area contributed by atoms with Crippen LogP contribution in [-0.2, 0) is 4.79 Å². The predicted octanol–water partition coefficient (Wildman–Crippen LogP) is 3.41. The van der Waals surface area contributed by atoms with Crippen molar-refractivity contribution in [1.29, 1.82) is 0 Å². The number of hydrogen-bond acceptors (Lipinski definition) is 5. The monoisotopic (exact) mass is 467 g/mol. The van der Waals surface area contributed by atoms with Gasteiger partial charge in [0.05, 0.1) is 18.3 Å². The lowest BCUT2D eigenvalue weighted by molar-refractivity contribution is -0.207. The number of hydrogen-bond donors (Lipinski definition) is 5. The summed E-state index contributed by atoms with van der Waals surface area (Å²) in [5, 5.41) is 36.1. The lowest BCUT2D eigenvalue weighted by atomic mass is 9.43. The van der Waals surface area contributed by atoms with Gasteiger partial charge in [-0.05, 0) is 97.7 Å². The van der Waals surface area contributed by atoms with Crippen molar-refractivity contribution in [1.82, 2.24) is 5.32 Å². The maximum atomic E-state index is 12.1. The van der Waals surface area contributed by atoms with E-state index in [1.165, 1.54) is 0 Å². The zero-order valence-corrected chi connectivity index (χ0v) is 21.1. The highest BCUT2D eigenvalue weighted by Crippen LogP contribution is 2.68. The molecule has 6 heteroatoms. The molecule has 184 valence electrons. The topological polar surface area (TPSA) is 89.8 Å². The van der Waals surface area contributed by atoms with E-state index in [4.69, 9.17) is 0 Å². The maximum Gasteiger partial charge on any atom is 0.220 e. The van der Waals surface area contributed by atoms with Crippen molar-refractivity contribution in [3.8, 4) is 0 Å². The first-order valence-electron chi connectivity index (χ1n) is 13.0. The van der Waals surface area contributed by atoms with Gasteiger partial charge in [-0.1, -0.05) is 20.8 Å². The van der Waals surface area contributed by atoms with E-state index in [0.717, 1.165) is 51.4 Å². The van der Waals surface area contributed by atoms with Crippen LogP contribution in [0.5, 0.6) is 0 Å². The van der Waals surface area contributed by atoms with Crippen molar-refractivity contribution < 1.29 is 20.1 Å². The van der Waals surface area contributed by atoms with E-state index in [9.17, 15) is 20.1 Å². The van der Waals surface area contributed by atoms with Gasteiger partial charge in [-0.3, -0.25) is 4.79 Å². The summed E-state index contributed by atoms with van der Waals surface area (Å²) in [6.07, 6.45) is 6.78. The van der Waals surface area contributed by atoms with Gasteiger partial charge in [0.15, 0.2) is 0 Å². The first-order chi connectivity index (χ1) is 15.1. The smallest absolute Gasteiger partial charge is 0.220 e. The zero-order chi connectivity index (χ0) is 23.3. The SMILES string of the molecule is C[C@H](CCC(=O)NCCS)[C@H]1CC[C@H]2[C@@H]3[C@H](O)C[C@@H]4C[C@H](O)CC[C@]4(C)[C@H]3C[C@H](O)[C@]12C. The fourth-order valence-corrected chi connectivity index (χ4v) is 9.09. The van der Waals surface area contributed by atoms with Crippen LogP contribution in [0.4, 0.5) is 0 Å². The average molecular weight is 468 g/mol. The quantitative estimate of drug-likeness (QED) is 0.387. The van der Waals surface area contributed by atoms with E-state index < -0.39 is 0 Å². The largest absolute Gasteiger partial charge is 0.393 e. The van der Waals surface area contributed by atoms with Gasteiger partial charge >= 0.3 is 0 Å². The molecule has 4 aliphatic rings. The minimum absolute atomic E-state index is 0.0935. The molecule has 0 heterocycles. The van der Waals surface area contributed by atoms with E-state index in [0.29, 0.717) is 48.3 Å². The normalized spacial score (nSPS) is 49.0. The molecule has 0 spiro atoms. The fraction of sp³-hybridized carbons (Fsp3) is 0.962. The molecular weight excluding hydrogens is 422 g/mol. The molecule has 4 rings (SSSR count). The number of fused-ring (bicyclic) bond motifs is 5. The van der Waals surface area contributed by atoms with Gasteiger partial charge in [0.2, 0.25) is 5.91 Å². The van der Waals surface area contributed by atoms with Crippen molar-refractivity contribution in [3.05, 3.63) is 0 Å². The summed E-state index contributed by atoms with van der Waals surface area (Å²) in [6.45, 7) is 7.51. The Kier molecular flexibility index (Phi) is 7.28. The summed E-state index contributed by atoms with van der Waals surface area (Å²) in [7, 11) is 0. The Morgan fingerprint density at radius 2 is 1.84 bits per heavy atom. The number of nitrogens with one attached hydrogen (secondary N) is 1. The third-order valence-corrected chi connectivity index (χ3v) is 11.0. The Labute approximate surface area is 199 Å². The fourth-order valence-electron chi connectivity index (χ4n) is 8.98. The van der Waals surface area contributed by atoms with Crippen LogP contribution in [0.2, 0.25) is 0 Å². The van der Waals surface area contributed by atoms with E-state index in [-0.39, 0.29) is 41.0 Å². The molecule has 4 fully saturated rings. The second-order valence-electron chi connectivity index (χ2n) is 12.1. The van der Waals surface area contributed by atoms with Crippen LogP contribution in [-0.4, -0.2) is 51.8 Å². The molecular formula is C26H45NO4S. The molecule has 4 aliphatic carbocycles. The summed E-state index contributed by atoms with van der Waals surface area (Å²) >= 11 is 4.16. The predicted molar refractivity (Wildman–Crippen MR) is 129 cm³/mol. The average Bonchev–Trinajstić information content (AvgIpc) is 3.11. The molecule has 4 saturated carbocycles. The molecule has 5 nitrogen and oxygen atoms in total. The minimum Gasteiger partial charge on any atom is -0.393 e. The van der Waals surface area contributed by atoms with Crippen LogP contribution in [0.25, 0.3) is 0 Å². The first kappa shape index (κ1) is 24.8. The van der Waals surface area contributed by atoms with Crippen molar-refractivity contribution in [2.75, 3.05) is 12.3 Å². The molecule has 0 unspecified atom stereocenters. The second kappa shape index (κ2) is 9.39. The third kappa shape index (κ3) is 4.05. The van der Waals surface area contributed by atoms with Crippen molar-refractivity contribution in [3.63, 3.8) is 0 Å². The molecule has 0 radical (unpaired) electrons. The Hall–Kier alpha value is -0.300. The highest BCUT2D eigenvalue weighted by Gasteiger charge is 2.65. The van der Waals surface area contributed by atoms with Crippen LogP contribution in [0.15, 0.2) is 0 Å². The van der Waals surface area contributed by atoms with Crippen LogP contribution >= 0.6 is 12.6 Å². The summed E-state index contributed by atoms with van der Waals surface area (Å²) < 4.78 is 0. The summed E-state index contributed by atoms with van der Waals surface area (Å²) in [6, 6.07) is 0. The lowest BCUT2D eigenvalue weighted by Crippen LogP contribution is -2.62. The molecule has 1 amide bonds. The van der Waals surface area contributed by atoms with Gasteiger partial charge in [0.1, 0.15) is 0 Å². The molecule has 4 N–H and O–H groups in total. The van der Waals surface area contributed by atoms with Gasteiger partial charge in [-0.15, -0.1) is 0 Å². The Balaban J connectivity index is 1.51. The number of carbonyl (C=O) groups excluding carboxylic acids is 1. The molecule has 0 aliphatic heterocycles. The number of amides is 1. The molecule has 32 heavy (non-hydrogen) atoms. The summed E-state index contributed by atoms with van der Waals surface area (Å²) in [5.74, 6) is 2.76. The number of rotatable bonds is 6. The van der Waals surface area contributed by atoms with Crippen LogP contribution in [0.1, 0.15) is 78.6 Å². The van der Waals surface area contributed by atoms with Crippen LogP contribution in [0, 0.1) is 46.3 Å². The molecule has 0 aromatic carbocycles. The zero-order valence-electron chi connectivity index (χ0n) is 20.2. The van der Waals surface area contributed by atoms with Gasteiger partial charge < -0.3 is 20.6 Å². The summed E-state index contributed by atoms with van der Waals surface area (Å²) in [4.78, 5) is 12.1.